The van der Waals surface area contributed by atoms with Crippen molar-refractivity contribution < 1.29 is 9.59 Å². The van der Waals surface area contributed by atoms with Crippen LogP contribution in [0.1, 0.15) is 39.3 Å². The monoisotopic (exact) mass is 284 g/mol. The topological polar surface area (TPSA) is 68.1 Å². The molecule has 0 spiro atoms. The fourth-order valence-corrected chi connectivity index (χ4v) is 2.54. The lowest BCUT2D eigenvalue weighted by Crippen LogP contribution is -2.32. The predicted molar refractivity (Wildman–Crippen MR) is 75.9 cm³/mol. The van der Waals surface area contributed by atoms with Gasteiger partial charge in [0.15, 0.2) is 5.82 Å². The van der Waals surface area contributed by atoms with Crippen molar-refractivity contribution in [3.8, 4) is 0 Å². The lowest BCUT2D eigenvalue weighted by atomic mass is 10.1. The molecular formula is C15H16N4O2. The minimum absolute atomic E-state index is 0.234. The molecule has 6 heteroatoms. The third-order valence-electron chi connectivity index (χ3n) is 3.64. The van der Waals surface area contributed by atoms with Crippen LogP contribution in [0.4, 0.5) is 0 Å². The Hall–Kier alpha value is -2.50. The van der Waals surface area contributed by atoms with Gasteiger partial charge in [0.05, 0.1) is 11.1 Å². The van der Waals surface area contributed by atoms with Gasteiger partial charge in [-0.2, -0.15) is 5.10 Å². The summed E-state index contributed by atoms with van der Waals surface area (Å²) in [6.07, 6.45) is 0.472. The average molecular weight is 284 g/mol. The highest BCUT2D eigenvalue weighted by molar-refractivity contribution is 6.21. The molecule has 6 nitrogen and oxygen atoms in total. The lowest BCUT2D eigenvalue weighted by Gasteiger charge is -2.11. The quantitative estimate of drug-likeness (QED) is 0.797. The second-order valence-corrected chi connectivity index (χ2v) is 4.95. The minimum atomic E-state index is -0.234. The van der Waals surface area contributed by atoms with Crippen LogP contribution in [0, 0.1) is 6.92 Å². The summed E-state index contributed by atoms with van der Waals surface area (Å²) in [4.78, 5) is 30.0. The maximum absolute atomic E-state index is 12.2. The van der Waals surface area contributed by atoms with Crippen molar-refractivity contribution >= 4 is 11.8 Å². The molecule has 1 aliphatic rings. The summed E-state index contributed by atoms with van der Waals surface area (Å²) in [5, 5.41) is 4.34. The van der Waals surface area contributed by atoms with E-state index in [2.05, 4.69) is 10.1 Å². The van der Waals surface area contributed by atoms with Crippen LogP contribution in [0.5, 0.6) is 0 Å². The highest BCUT2D eigenvalue weighted by Crippen LogP contribution is 2.22. The number of hydrogen-bond acceptors (Lipinski definition) is 4. The van der Waals surface area contributed by atoms with E-state index in [4.69, 9.17) is 0 Å². The summed E-state index contributed by atoms with van der Waals surface area (Å²) in [5.41, 5.74) is 0.955. The number of aromatic nitrogens is 3. The van der Waals surface area contributed by atoms with Gasteiger partial charge in [0.2, 0.25) is 0 Å². The largest absolute Gasteiger partial charge is 0.274 e. The molecule has 0 N–H and O–H groups in total. The number of nitrogens with zero attached hydrogens (tertiary/aromatic N) is 4. The standard InChI is InChI=1S/C15H16N4O2/c1-3-19-10(2)16-13(17-19)8-9-18-14(20)11-6-4-5-7-12(11)15(18)21/h4-7H,3,8-9H2,1-2H3. The molecule has 0 saturated heterocycles. The summed E-state index contributed by atoms with van der Waals surface area (Å²) in [6, 6.07) is 6.90. The molecule has 1 aromatic heterocycles. The van der Waals surface area contributed by atoms with Gasteiger partial charge in [-0.05, 0) is 26.0 Å². The first-order valence-corrected chi connectivity index (χ1v) is 6.97. The van der Waals surface area contributed by atoms with Crippen LogP contribution in [-0.2, 0) is 13.0 Å². The number of carbonyl (C=O) groups is 2. The first kappa shape index (κ1) is 13.5. The Kier molecular flexibility index (Phi) is 3.29. The Bertz CT molecular complexity index is 685. The molecule has 2 amide bonds. The Labute approximate surface area is 122 Å². The van der Waals surface area contributed by atoms with E-state index >= 15 is 0 Å². The molecule has 1 aromatic carbocycles. The van der Waals surface area contributed by atoms with Crippen molar-refractivity contribution in [1.29, 1.82) is 0 Å². The number of rotatable bonds is 4. The highest BCUT2D eigenvalue weighted by atomic mass is 16.2. The molecule has 1 aliphatic heterocycles. The number of hydrogen-bond donors (Lipinski definition) is 0. The third kappa shape index (κ3) is 2.22. The van der Waals surface area contributed by atoms with Gasteiger partial charge in [-0.1, -0.05) is 12.1 Å². The molecule has 21 heavy (non-hydrogen) atoms. The van der Waals surface area contributed by atoms with Crippen molar-refractivity contribution in [1.82, 2.24) is 19.7 Å². The van der Waals surface area contributed by atoms with Crippen LogP contribution in [0.2, 0.25) is 0 Å². The maximum Gasteiger partial charge on any atom is 0.261 e. The second kappa shape index (κ2) is 5.12. The van der Waals surface area contributed by atoms with Crippen molar-refractivity contribution in [2.45, 2.75) is 26.8 Å². The van der Waals surface area contributed by atoms with Crippen molar-refractivity contribution in [2.75, 3.05) is 6.54 Å². The molecule has 0 fully saturated rings. The Morgan fingerprint density at radius 3 is 2.24 bits per heavy atom. The Balaban J connectivity index is 1.75. The fraction of sp³-hybridized carbons (Fsp3) is 0.333. The van der Waals surface area contributed by atoms with Gasteiger partial charge in [0, 0.05) is 19.5 Å². The Morgan fingerprint density at radius 1 is 1.10 bits per heavy atom. The van der Waals surface area contributed by atoms with Crippen LogP contribution in [-0.4, -0.2) is 38.0 Å². The van der Waals surface area contributed by atoms with Gasteiger partial charge in [-0.3, -0.25) is 19.2 Å². The first-order valence-electron chi connectivity index (χ1n) is 6.97. The first-order chi connectivity index (χ1) is 10.1. The molecule has 0 radical (unpaired) electrons. The van der Waals surface area contributed by atoms with Crippen LogP contribution in [0.3, 0.4) is 0 Å². The highest BCUT2D eigenvalue weighted by Gasteiger charge is 2.34. The van der Waals surface area contributed by atoms with E-state index < -0.39 is 0 Å². The number of fused-ring (bicyclic) bond motifs is 1. The van der Waals surface area contributed by atoms with Gasteiger partial charge < -0.3 is 0 Å². The Morgan fingerprint density at radius 2 is 1.71 bits per heavy atom. The second-order valence-electron chi connectivity index (χ2n) is 4.95. The molecule has 0 aliphatic carbocycles. The van der Waals surface area contributed by atoms with Crippen molar-refractivity contribution in [3.05, 3.63) is 47.0 Å². The molecule has 0 unspecified atom stereocenters. The molecule has 108 valence electrons. The number of imide groups is 1. The number of amides is 2. The summed E-state index contributed by atoms with van der Waals surface area (Å²) >= 11 is 0. The molecule has 0 saturated carbocycles. The minimum Gasteiger partial charge on any atom is -0.274 e. The van der Waals surface area contributed by atoms with Crippen LogP contribution in [0.25, 0.3) is 0 Å². The fourth-order valence-electron chi connectivity index (χ4n) is 2.54. The van der Waals surface area contributed by atoms with Gasteiger partial charge in [-0.25, -0.2) is 4.98 Å². The molecule has 0 bridgehead atoms. The number of benzene rings is 1. The summed E-state index contributed by atoms with van der Waals surface area (Å²) < 4.78 is 1.80. The van der Waals surface area contributed by atoms with E-state index in [1.54, 1.807) is 28.9 Å². The molecular weight excluding hydrogens is 268 g/mol. The van der Waals surface area contributed by atoms with Gasteiger partial charge in [-0.15, -0.1) is 0 Å². The molecule has 2 aromatic rings. The SMILES string of the molecule is CCn1nc(CCN2C(=O)c3ccccc3C2=O)nc1C. The summed E-state index contributed by atoms with van der Waals surface area (Å²) in [5.74, 6) is 1.03. The van der Waals surface area contributed by atoms with Gasteiger partial charge in [0.25, 0.3) is 11.8 Å². The molecule has 0 atom stereocenters. The zero-order valence-electron chi connectivity index (χ0n) is 12.0. The van der Waals surface area contributed by atoms with Crippen LogP contribution >= 0.6 is 0 Å². The average Bonchev–Trinajstić information content (AvgIpc) is 2.97. The van der Waals surface area contributed by atoms with Crippen LogP contribution in [0.15, 0.2) is 24.3 Å². The van der Waals surface area contributed by atoms with Crippen LogP contribution < -0.4 is 0 Å². The van der Waals surface area contributed by atoms with E-state index in [-0.39, 0.29) is 11.8 Å². The smallest absolute Gasteiger partial charge is 0.261 e. The van der Waals surface area contributed by atoms with Crippen molar-refractivity contribution in [2.24, 2.45) is 0 Å². The summed E-state index contributed by atoms with van der Waals surface area (Å²) in [6.45, 7) is 4.95. The van der Waals surface area contributed by atoms with E-state index in [9.17, 15) is 9.59 Å². The zero-order valence-corrected chi connectivity index (χ0v) is 12.0. The third-order valence-corrected chi connectivity index (χ3v) is 3.64. The van der Waals surface area contributed by atoms with Gasteiger partial charge in [0.1, 0.15) is 5.82 Å². The summed E-state index contributed by atoms with van der Waals surface area (Å²) in [7, 11) is 0. The maximum atomic E-state index is 12.2. The normalized spacial score (nSPS) is 13.9. The number of aryl methyl sites for hydroxylation is 2. The number of carbonyl (C=O) groups excluding carboxylic acids is 2. The van der Waals surface area contributed by atoms with E-state index in [0.29, 0.717) is 29.9 Å². The molecule has 3 rings (SSSR count). The van der Waals surface area contributed by atoms with Gasteiger partial charge >= 0.3 is 0 Å². The van der Waals surface area contributed by atoms with E-state index in [1.807, 2.05) is 13.8 Å². The lowest BCUT2D eigenvalue weighted by molar-refractivity contribution is 0.0655. The predicted octanol–water partition coefficient (Wildman–Crippen LogP) is 1.45. The molecule has 2 heterocycles. The zero-order chi connectivity index (χ0) is 15.0. The van der Waals surface area contributed by atoms with E-state index in [0.717, 1.165) is 12.4 Å². The van der Waals surface area contributed by atoms with Crippen molar-refractivity contribution in [3.63, 3.8) is 0 Å². The van der Waals surface area contributed by atoms with E-state index in [1.165, 1.54) is 4.90 Å².